The van der Waals surface area contributed by atoms with E-state index in [0.29, 0.717) is 12.2 Å². The van der Waals surface area contributed by atoms with Crippen molar-refractivity contribution in [2.24, 2.45) is 0 Å². The quantitative estimate of drug-likeness (QED) is 0.794. The van der Waals surface area contributed by atoms with Gasteiger partial charge in [0.1, 0.15) is 11.5 Å². The van der Waals surface area contributed by atoms with Crippen molar-refractivity contribution >= 4 is 15.7 Å². The van der Waals surface area contributed by atoms with Crippen molar-refractivity contribution < 1.29 is 18.3 Å². The monoisotopic (exact) mass is 308 g/mol. The molecule has 0 saturated heterocycles. The van der Waals surface area contributed by atoms with Crippen LogP contribution in [0.4, 0.5) is 5.69 Å². The fourth-order valence-electron chi connectivity index (χ4n) is 1.74. The molecule has 112 valence electrons. The maximum atomic E-state index is 12.0. The van der Waals surface area contributed by atoms with Crippen molar-refractivity contribution in [3.05, 3.63) is 48.3 Å². The Hall–Kier alpha value is -2.28. The van der Waals surface area contributed by atoms with Gasteiger partial charge in [0.25, 0.3) is 0 Å². The Morgan fingerprint density at radius 3 is 2.62 bits per heavy atom. The van der Waals surface area contributed by atoms with Gasteiger partial charge in [0.15, 0.2) is 0 Å². The number of aryl methyl sites for hydroxylation is 1. The molecule has 0 saturated carbocycles. The second-order valence-electron chi connectivity index (χ2n) is 4.41. The van der Waals surface area contributed by atoms with Crippen LogP contribution in [0.25, 0.3) is 0 Å². The third kappa shape index (κ3) is 4.35. The maximum absolute atomic E-state index is 12.0. The van der Waals surface area contributed by atoms with Crippen molar-refractivity contribution in [1.29, 1.82) is 0 Å². The van der Waals surface area contributed by atoms with E-state index in [1.807, 2.05) is 0 Å². The largest absolute Gasteiger partial charge is 0.506 e. The van der Waals surface area contributed by atoms with Gasteiger partial charge in [-0.05, 0) is 36.2 Å². The van der Waals surface area contributed by atoms with Crippen molar-refractivity contribution in [2.75, 3.05) is 17.6 Å². The molecule has 0 amide bonds. The maximum Gasteiger partial charge on any atom is 0.233 e. The van der Waals surface area contributed by atoms with Gasteiger partial charge in [0.05, 0.1) is 18.6 Å². The van der Waals surface area contributed by atoms with Crippen LogP contribution in [0.1, 0.15) is 5.56 Å². The molecule has 0 atom stereocenters. The number of hydrogen-bond acceptors (Lipinski definition) is 5. The van der Waals surface area contributed by atoms with Gasteiger partial charge >= 0.3 is 0 Å². The summed E-state index contributed by atoms with van der Waals surface area (Å²) in [5.41, 5.74) is 0.981. The Morgan fingerprint density at radius 1 is 1.24 bits per heavy atom. The fourth-order valence-corrected chi connectivity index (χ4v) is 2.85. The van der Waals surface area contributed by atoms with Gasteiger partial charge < -0.3 is 9.84 Å². The molecule has 21 heavy (non-hydrogen) atoms. The Kier molecular flexibility index (Phi) is 4.64. The van der Waals surface area contributed by atoms with E-state index in [2.05, 4.69) is 9.71 Å². The normalized spacial score (nSPS) is 11.1. The van der Waals surface area contributed by atoms with Crippen molar-refractivity contribution in [2.45, 2.75) is 6.42 Å². The molecule has 2 rings (SSSR count). The molecule has 0 fully saturated rings. The fraction of sp³-hybridized carbons (Fsp3) is 0.214. The number of nitrogens with one attached hydrogen (secondary N) is 1. The van der Waals surface area contributed by atoms with Crippen LogP contribution in [0.15, 0.2) is 42.7 Å². The number of anilines is 1. The van der Waals surface area contributed by atoms with Crippen molar-refractivity contribution in [3.8, 4) is 11.5 Å². The number of aromatic nitrogens is 1. The van der Waals surface area contributed by atoms with Gasteiger partial charge in [-0.15, -0.1) is 0 Å². The first-order valence-electron chi connectivity index (χ1n) is 6.26. The number of hydrogen-bond donors (Lipinski definition) is 2. The van der Waals surface area contributed by atoms with E-state index in [0.717, 1.165) is 5.56 Å². The number of pyridine rings is 1. The zero-order chi connectivity index (χ0) is 15.3. The Balaban J connectivity index is 2.07. The molecule has 6 nitrogen and oxygen atoms in total. The molecule has 0 aliphatic heterocycles. The summed E-state index contributed by atoms with van der Waals surface area (Å²) in [6.45, 7) is 0. The summed E-state index contributed by atoms with van der Waals surface area (Å²) >= 11 is 0. The number of methoxy groups -OCH3 is 1. The van der Waals surface area contributed by atoms with Crippen LogP contribution in [-0.2, 0) is 16.4 Å². The van der Waals surface area contributed by atoms with E-state index in [9.17, 15) is 13.5 Å². The number of rotatable bonds is 6. The molecule has 1 aromatic carbocycles. The van der Waals surface area contributed by atoms with E-state index in [4.69, 9.17) is 4.74 Å². The average Bonchev–Trinajstić information content (AvgIpc) is 2.48. The molecule has 0 radical (unpaired) electrons. The molecular weight excluding hydrogens is 292 g/mol. The predicted octanol–water partition coefficient (Wildman–Crippen LogP) is 1.78. The van der Waals surface area contributed by atoms with Gasteiger partial charge in [0.2, 0.25) is 10.0 Å². The highest BCUT2D eigenvalue weighted by molar-refractivity contribution is 7.92. The lowest BCUT2D eigenvalue weighted by Gasteiger charge is -2.11. The minimum Gasteiger partial charge on any atom is -0.506 e. The SMILES string of the molecule is COc1ccc(O)c(NS(=O)(=O)CCc2ccncc2)c1. The predicted molar refractivity (Wildman–Crippen MR) is 80.0 cm³/mol. The summed E-state index contributed by atoms with van der Waals surface area (Å²) in [7, 11) is -2.10. The van der Waals surface area contributed by atoms with E-state index >= 15 is 0 Å². The van der Waals surface area contributed by atoms with E-state index in [-0.39, 0.29) is 17.2 Å². The van der Waals surface area contributed by atoms with Crippen molar-refractivity contribution in [1.82, 2.24) is 4.98 Å². The van der Waals surface area contributed by atoms with Gasteiger partial charge in [-0.3, -0.25) is 9.71 Å². The first-order chi connectivity index (χ1) is 10.00. The number of nitrogens with zero attached hydrogens (tertiary/aromatic N) is 1. The van der Waals surface area contributed by atoms with Crippen LogP contribution in [0.2, 0.25) is 0 Å². The summed E-state index contributed by atoms with van der Waals surface area (Å²) in [6, 6.07) is 7.88. The molecule has 0 unspecified atom stereocenters. The number of ether oxygens (including phenoxy) is 1. The number of aromatic hydroxyl groups is 1. The van der Waals surface area contributed by atoms with Crippen molar-refractivity contribution in [3.63, 3.8) is 0 Å². The Bertz CT molecular complexity index is 702. The number of sulfonamides is 1. The van der Waals surface area contributed by atoms with Gasteiger partial charge in [-0.2, -0.15) is 0 Å². The first kappa shape index (κ1) is 15.1. The van der Waals surface area contributed by atoms with Crippen LogP contribution >= 0.6 is 0 Å². The zero-order valence-electron chi connectivity index (χ0n) is 11.5. The minimum atomic E-state index is -3.57. The lowest BCUT2D eigenvalue weighted by atomic mass is 10.2. The molecule has 0 bridgehead atoms. The van der Waals surface area contributed by atoms with E-state index < -0.39 is 10.0 Å². The molecule has 1 heterocycles. The van der Waals surface area contributed by atoms with E-state index in [1.54, 1.807) is 30.6 Å². The Morgan fingerprint density at radius 2 is 1.95 bits per heavy atom. The molecule has 1 aromatic heterocycles. The van der Waals surface area contributed by atoms with Crippen LogP contribution < -0.4 is 9.46 Å². The lowest BCUT2D eigenvalue weighted by Crippen LogP contribution is -2.18. The average molecular weight is 308 g/mol. The molecular formula is C14H16N2O4S. The van der Waals surface area contributed by atoms with Crippen LogP contribution in [-0.4, -0.2) is 31.4 Å². The summed E-state index contributed by atoms with van der Waals surface area (Å²) in [4.78, 5) is 3.88. The van der Waals surface area contributed by atoms with Gasteiger partial charge in [-0.25, -0.2) is 8.42 Å². The molecule has 2 N–H and O–H groups in total. The first-order valence-corrected chi connectivity index (χ1v) is 7.92. The van der Waals surface area contributed by atoms with E-state index in [1.165, 1.54) is 19.2 Å². The van der Waals surface area contributed by atoms with Crippen LogP contribution in [0, 0.1) is 0 Å². The minimum absolute atomic E-state index is 0.0896. The number of benzene rings is 1. The summed E-state index contributed by atoms with van der Waals surface area (Å²) < 4.78 is 31.5. The van der Waals surface area contributed by atoms with Gasteiger partial charge in [0, 0.05) is 18.5 Å². The standard InChI is InChI=1S/C14H16N2O4S/c1-20-12-2-3-14(17)13(10-12)16-21(18,19)9-6-11-4-7-15-8-5-11/h2-5,7-8,10,16-17H,6,9H2,1H3. The summed E-state index contributed by atoms with van der Waals surface area (Å²) in [6.07, 6.45) is 3.59. The molecule has 0 spiro atoms. The summed E-state index contributed by atoms with van der Waals surface area (Å²) in [5.74, 6) is 0.219. The molecule has 7 heteroatoms. The third-order valence-electron chi connectivity index (χ3n) is 2.88. The zero-order valence-corrected chi connectivity index (χ0v) is 12.3. The second-order valence-corrected chi connectivity index (χ2v) is 6.25. The highest BCUT2D eigenvalue weighted by atomic mass is 32.2. The van der Waals surface area contributed by atoms with Crippen LogP contribution in [0.5, 0.6) is 11.5 Å². The Labute approximate surface area is 123 Å². The number of phenolic OH excluding ortho intramolecular Hbond substituents is 1. The molecule has 0 aliphatic carbocycles. The molecule has 2 aromatic rings. The highest BCUT2D eigenvalue weighted by Crippen LogP contribution is 2.28. The third-order valence-corrected chi connectivity index (χ3v) is 4.15. The number of phenols is 1. The smallest absolute Gasteiger partial charge is 0.233 e. The summed E-state index contributed by atoms with van der Waals surface area (Å²) in [5, 5.41) is 9.69. The highest BCUT2D eigenvalue weighted by Gasteiger charge is 2.14. The van der Waals surface area contributed by atoms with Crippen LogP contribution in [0.3, 0.4) is 0 Å². The second kappa shape index (κ2) is 6.45. The topological polar surface area (TPSA) is 88.5 Å². The molecule has 0 aliphatic rings. The van der Waals surface area contributed by atoms with Gasteiger partial charge in [-0.1, -0.05) is 0 Å². The lowest BCUT2D eigenvalue weighted by molar-refractivity contribution is 0.413.